The Labute approximate surface area is 191 Å². The number of hydrogen-bond acceptors (Lipinski definition) is 7. The molecule has 2 amide bonds. The third-order valence-corrected chi connectivity index (χ3v) is 5.93. The minimum atomic E-state index is -0.541. The molecule has 1 fully saturated rings. The normalized spacial score (nSPS) is 16.9. The Balaban J connectivity index is 1.71. The molecule has 3 rings (SSSR count). The van der Waals surface area contributed by atoms with Gasteiger partial charge in [0, 0.05) is 24.7 Å². The average Bonchev–Trinajstić information content (AvgIpc) is 3.09. The van der Waals surface area contributed by atoms with Gasteiger partial charge in [-0.05, 0) is 50.2 Å². The molecule has 1 N–H and O–H groups in total. The number of rotatable bonds is 9. The Morgan fingerprint density at radius 1 is 1.09 bits per heavy atom. The van der Waals surface area contributed by atoms with E-state index in [1.54, 1.807) is 61.6 Å². The van der Waals surface area contributed by atoms with Gasteiger partial charge in [0.1, 0.15) is 28.2 Å². The molecule has 0 saturated carbocycles. The summed E-state index contributed by atoms with van der Waals surface area (Å²) in [5.41, 5.74) is 1.24. The van der Waals surface area contributed by atoms with Gasteiger partial charge in [0.25, 0.3) is 0 Å². The van der Waals surface area contributed by atoms with E-state index in [1.165, 1.54) is 11.8 Å². The van der Waals surface area contributed by atoms with Crippen LogP contribution in [0.5, 0.6) is 17.2 Å². The number of methoxy groups -OCH3 is 2. The second-order valence-corrected chi connectivity index (χ2v) is 8.00. The Morgan fingerprint density at radius 2 is 1.81 bits per heavy atom. The maximum Gasteiger partial charge on any atom is 0.242 e. The first-order chi connectivity index (χ1) is 15.5. The standard InChI is InChI=1S/C23H27N3O5S/c1-5-26-22(28)20(14-21(27)24-15-7-9-16(10-8-15)31-6-2)32-23(26)25-18-12-11-17(29-3)13-19(18)30-4/h7-13,20H,5-6,14H2,1-4H3,(H,24,27)/t20-/m0/s1. The zero-order valence-electron chi connectivity index (χ0n) is 18.6. The van der Waals surface area contributed by atoms with Crippen LogP contribution in [0, 0.1) is 0 Å². The monoisotopic (exact) mass is 457 g/mol. The van der Waals surface area contributed by atoms with Crippen LogP contribution in [0.25, 0.3) is 0 Å². The van der Waals surface area contributed by atoms with Crippen molar-refractivity contribution in [3.05, 3.63) is 42.5 Å². The van der Waals surface area contributed by atoms with Crippen molar-refractivity contribution in [3.8, 4) is 17.2 Å². The highest BCUT2D eigenvalue weighted by atomic mass is 32.2. The van der Waals surface area contributed by atoms with Gasteiger partial charge in [0.2, 0.25) is 11.8 Å². The molecule has 0 unspecified atom stereocenters. The fourth-order valence-electron chi connectivity index (χ4n) is 3.18. The molecule has 1 heterocycles. The molecule has 2 aromatic carbocycles. The van der Waals surface area contributed by atoms with E-state index in [-0.39, 0.29) is 18.2 Å². The van der Waals surface area contributed by atoms with Gasteiger partial charge >= 0.3 is 0 Å². The Hall–Kier alpha value is -3.20. The van der Waals surface area contributed by atoms with Gasteiger partial charge in [-0.1, -0.05) is 11.8 Å². The number of hydrogen-bond donors (Lipinski definition) is 1. The summed E-state index contributed by atoms with van der Waals surface area (Å²) in [7, 11) is 3.13. The number of amidine groups is 1. The lowest BCUT2D eigenvalue weighted by molar-refractivity contribution is -0.128. The summed E-state index contributed by atoms with van der Waals surface area (Å²) >= 11 is 1.28. The Bertz CT molecular complexity index is 994. The van der Waals surface area contributed by atoms with E-state index in [2.05, 4.69) is 10.3 Å². The molecule has 0 spiro atoms. The third-order valence-electron chi connectivity index (χ3n) is 4.76. The molecule has 1 aliphatic heterocycles. The van der Waals surface area contributed by atoms with Gasteiger partial charge in [-0.2, -0.15) is 0 Å². The molecule has 170 valence electrons. The molecular formula is C23H27N3O5S. The molecule has 32 heavy (non-hydrogen) atoms. The Morgan fingerprint density at radius 3 is 2.44 bits per heavy atom. The van der Waals surface area contributed by atoms with Crippen LogP contribution in [0.4, 0.5) is 11.4 Å². The Kier molecular flexibility index (Phi) is 7.99. The van der Waals surface area contributed by atoms with Crippen molar-refractivity contribution in [1.82, 2.24) is 4.90 Å². The minimum absolute atomic E-state index is 0.0476. The largest absolute Gasteiger partial charge is 0.497 e. The summed E-state index contributed by atoms with van der Waals surface area (Å²) in [5.74, 6) is 1.56. The van der Waals surface area contributed by atoms with Gasteiger partial charge in [0.15, 0.2) is 5.17 Å². The first-order valence-electron chi connectivity index (χ1n) is 10.3. The number of ether oxygens (including phenoxy) is 3. The molecule has 0 bridgehead atoms. The molecule has 8 nitrogen and oxygen atoms in total. The number of nitrogens with one attached hydrogen (secondary N) is 1. The van der Waals surface area contributed by atoms with E-state index in [4.69, 9.17) is 14.2 Å². The molecule has 2 aromatic rings. The van der Waals surface area contributed by atoms with Gasteiger partial charge < -0.3 is 19.5 Å². The van der Waals surface area contributed by atoms with Gasteiger partial charge in [-0.3, -0.25) is 14.5 Å². The smallest absolute Gasteiger partial charge is 0.242 e. The number of carbonyl (C=O) groups is 2. The SMILES string of the molecule is CCOc1ccc(NC(=O)C[C@@H]2SC(=Nc3ccc(OC)cc3OC)N(CC)C2=O)cc1. The molecule has 0 radical (unpaired) electrons. The van der Waals surface area contributed by atoms with E-state index >= 15 is 0 Å². The van der Waals surface area contributed by atoms with Crippen LogP contribution in [-0.2, 0) is 9.59 Å². The van der Waals surface area contributed by atoms with Crippen molar-refractivity contribution in [2.24, 2.45) is 4.99 Å². The first-order valence-corrected chi connectivity index (χ1v) is 11.2. The van der Waals surface area contributed by atoms with Gasteiger partial charge in [-0.25, -0.2) is 4.99 Å². The van der Waals surface area contributed by atoms with E-state index in [0.29, 0.717) is 41.2 Å². The first kappa shape index (κ1) is 23.5. The summed E-state index contributed by atoms with van der Waals surface area (Å²) in [6.07, 6.45) is 0.0476. The highest BCUT2D eigenvalue weighted by Crippen LogP contribution is 2.36. The van der Waals surface area contributed by atoms with Gasteiger partial charge in [0.05, 0.1) is 20.8 Å². The van der Waals surface area contributed by atoms with Crippen LogP contribution in [0.2, 0.25) is 0 Å². The molecule has 1 atom stereocenters. The fourth-order valence-corrected chi connectivity index (χ4v) is 4.39. The lowest BCUT2D eigenvalue weighted by Gasteiger charge is -2.14. The summed E-state index contributed by atoms with van der Waals surface area (Å²) in [6, 6.07) is 12.4. The summed E-state index contributed by atoms with van der Waals surface area (Å²) < 4.78 is 16.0. The van der Waals surface area contributed by atoms with Crippen molar-refractivity contribution in [2.45, 2.75) is 25.5 Å². The highest BCUT2D eigenvalue weighted by Gasteiger charge is 2.38. The van der Waals surface area contributed by atoms with Crippen molar-refractivity contribution in [2.75, 3.05) is 32.7 Å². The molecule has 1 saturated heterocycles. The third kappa shape index (κ3) is 5.53. The van der Waals surface area contributed by atoms with Crippen LogP contribution >= 0.6 is 11.8 Å². The molecule has 0 aromatic heterocycles. The predicted octanol–water partition coefficient (Wildman–Crippen LogP) is 4.08. The summed E-state index contributed by atoms with van der Waals surface area (Å²) in [5, 5.41) is 2.84. The number of thioether (sulfide) groups is 1. The second kappa shape index (κ2) is 10.9. The van der Waals surface area contributed by atoms with Crippen LogP contribution in [0.1, 0.15) is 20.3 Å². The molecular weight excluding hydrogens is 430 g/mol. The molecule has 1 aliphatic rings. The number of anilines is 1. The van der Waals surface area contributed by atoms with E-state index < -0.39 is 5.25 Å². The fraction of sp³-hybridized carbons (Fsp3) is 0.348. The second-order valence-electron chi connectivity index (χ2n) is 6.83. The van der Waals surface area contributed by atoms with Crippen LogP contribution in [0.15, 0.2) is 47.5 Å². The van der Waals surface area contributed by atoms with E-state index in [9.17, 15) is 9.59 Å². The predicted molar refractivity (Wildman–Crippen MR) is 126 cm³/mol. The number of amides is 2. The maximum atomic E-state index is 12.9. The van der Waals surface area contributed by atoms with Gasteiger partial charge in [-0.15, -0.1) is 0 Å². The summed E-state index contributed by atoms with van der Waals surface area (Å²) in [6.45, 7) is 4.82. The van der Waals surface area contributed by atoms with E-state index in [0.717, 1.165) is 5.75 Å². The minimum Gasteiger partial charge on any atom is -0.497 e. The highest BCUT2D eigenvalue weighted by molar-refractivity contribution is 8.15. The number of benzene rings is 2. The van der Waals surface area contributed by atoms with Crippen molar-refractivity contribution < 1.29 is 23.8 Å². The average molecular weight is 458 g/mol. The van der Waals surface area contributed by atoms with Crippen LogP contribution < -0.4 is 19.5 Å². The summed E-state index contributed by atoms with van der Waals surface area (Å²) in [4.78, 5) is 31.6. The zero-order valence-corrected chi connectivity index (χ0v) is 19.4. The number of nitrogens with zero attached hydrogens (tertiary/aromatic N) is 2. The lowest BCUT2D eigenvalue weighted by atomic mass is 10.2. The van der Waals surface area contributed by atoms with Crippen LogP contribution in [0.3, 0.4) is 0 Å². The quantitative estimate of drug-likeness (QED) is 0.610. The van der Waals surface area contributed by atoms with E-state index in [1.807, 2.05) is 13.8 Å². The van der Waals surface area contributed by atoms with Crippen molar-refractivity contribution >= 4 is 40.1 Å². The molecule has 9 heteroatoms. The number of aliphatic imine (C=N–C) groups is 1. The molecule has 0 aliphatic carbocycles. The topological polar surface area (TPSA) is 89.5 Å². The van der Waals surface area contributed by atoms with Crippen molar-refractivity contribution in [3.63, 3.8) is 0 Å². The lowest BCUT2D eigenvalue weighted by Crippen LogP contribution is -2.33. The van der Waals surface area contributed by atoms with Crippen LogP contribution in [-0.4, -0.2) is 54.5 Å². The maximum absolute atomic E-state index is 12.9. The van der Waals surface area contributed by atoms with Crippen molar-refractivity contribution in [1.29, 1.82) is 0 Å². The number of carbonyl (C=O) groups excluding carboxylic acids is 2. The zero-order chi connectivity index (χ0) is 23.1.